The molecule has 134 valence electrons. The molecule has 1 atom stereocenters. The minimum absolute atomic E-state index is 0. The second-order valence-electron chi connectivity index (χ2n) is 4.97. The highest BCUT2D eigenvalue weighted by atomic mass is 35.5. The summed E-state index contributed by atoms with van der Waals surface area (Å²) in [6, 6.07) is 6.06. The number of ether oxygens (including phenoxy) is 1. The number of aromatic nitrogens is 1. The number of hydrogen-bond donors (Lipinski definition) is 2. The Bertz CT molecular complexity index is 734. The van der Waals surface area contributed by atoms with Crippen LogP contribution in [0.3, 0.4) is 0 Å². The van der Waals surface area contributed by atoms with Crippen LogP contribution in [0.5, 0.6) is 0 Å². The predicted octanol–water partition coefficient (Wildman–Crippen LogP) is 2.91. The maximum absolute atomic E-state index is 12.4. The number of hydrogen-bond acceptors (Lipinski definition) is 5. The number of carbonyl (C=O) groups is 2. The number of nitrogens with zero attached hydrogens (tertiary/aromatic N) is 1. The van der Waals surface area contributed by atoms with Gasteiger partial charge in [-0.1, -0.05) is 35.3 Å². The first kappa shape index (κ1) is 21.0. The third-order valence-electron chi connectivity index (χ3n) is 3.29. The van der Waals surface area contributed by atoms with Crippen molar-refractivity contribution >= 4 is 53.2 Å². The van der Waals surface area contributed by atoms with Crippen molar-refractivity contribution in [1.29, 1.82) is 0 Å². The summed E-state index contributed by atoms with van der Waals surface area (Å²) in [5, 5.41) is 2.77. The zero-order chi connectivity index (χ0) is 17.7. The van der Waals surface area contributed by atoms with E-state index in [0.717, 1.165) is 5.56 Å². The Morgan fingerprint density at radius 2 is 1.76 bits per heavy atom. The minimum Gasteiger partial charge on any atom is -0.467 e. The largest absolute Gasteiger partial charge is 0.467 e. The fourth-order valence-corrected chi connectivity index (χ4v) is 2.62. The summed E-state index contributed by atoms with van der Waals surface area (Å²) in [6.45, 7) is 0. The molecule has 0 bridgehead atoms. The molecular formula is C16H16Cl3N3O3. The van der Waals surface area contributed by atoms with Crippen molar-refractivity contribution in [2.75, 3.05) is 12.8 Å². The number of nitrogen functional groups attached to an aromatic ring is 1. The van der Waals surface area contributed by atoms with Crippen molar-refractivity contribution in [1.82, 2.24) is 10.3 Å². The number of pyridine rings is 1. The van der Waals surface area contributed by atoms with E-state index in [1.807, 2.05) is 0 Å². The third-order valence-corrected chi connectivity index (χ3v) is 3.86. The van der Waals surface area contributed by atoms with E-state index < -0.39 is 17.9 Å². The lowest BCUT2D eigenvalue weighted by Gasteiger charge is -2.17. The number of amides is 1. The van der Waals surface area contributed by atoms with Crippen LogP contribution < -0.4 is 11.1 Å². The summed E-state index contributed by atoms with van der Waals surface area (Å²) in [5.74, 6) is -1.17. The van der Waals surface area contributed by atoms with Crippen molar-refractivity contribution < 1.29 is 14.3 Å². The number of anilines is 1. The van der Waals surface area contributed by atoms with Gasteiger partial charge in [0.2, 0.25) is 0 Å². The van der Waals surface area contributed by atoms with Gasteiger partial charge in [0, 0.05) is 24.5 Å². The summed E-state index contributed by atoms with van der Waals surface area (Å²) in [6.07, 6.45) is 2.84. The Labute approximate surface area is 161 Å². The standard InChI is InChI=1S/C16H15Cl2N3O3.ClH/c1-24-16(23)13(6-9-2-4-10(19)5-3-9)21-15(22)14-11(17)7-20-8-12(14)18;/h2-5,7-8,13H,6,19H2,1H3,(H,21,22);1H/t13-;/m0./s1. The highest BCUT2D eigenvalue weighted by Gasteiger charge is 2.25. The Kier molecular flexibility index (Phi) is 7.96. The summed E-state index contributed by atoms with van der Waals surface area (Å²) < 4.78 is 4.75. The molecule has 9 heteroatoms. The molecule has 2 rings (SSSR count). The van der Waals surface area contributed by atoms with Gasteiger partial charge in [0.05, 0.1) is 22.7 Å². The van der Waals surface area contributed by atoms with Crippen LogP contribution in [-0.2, 0) is 16.0 Å². The van der Waals surface area contributed by atoms with Crippen LogP contribution >= 0.6 is 35.6 Å². The molecule has 0 radical (unpaired) electrons. The van der Waals surface area contributed by atoms with Crippen molar-refractivity contribution in [3.63, 3.8) is 0 Å². The molecule has 0 saturated heterocycles. The highest BCUT2D eigenvalue weighted by molar-refractivity contribution is 6.39. The van der Waals surface area contributed by atoms with E-state index in [4.69, 9.17) is 33.7 Å². The van der Waals surface area contributed by atoms with Gasteiger partial charge in [-0.2, -0.15) is 0 Å². The van der Waals surface area contributed by atoms with Crippen LogP contribution in [0.25, 0.3) is 0 Å². The van der Waals surface area contributed by atoms with Crippen molar-refractivity contribution in [3.8, 4) is 0 Å². The zero-order valence-corrected chi connectivity index (χ0v) is 15.5. The van der Waals surface area contributed by atoms with Gasteiger partial charge >= 0.3 is 5.97 Å². The molecule has 2 aromatic rings. The van der Waals surface area contributed by atoms with E-state index in [0.29, 0.717) is 5.69 Å². The van der Waals surface area contributed by atoms with Gasteiger partial charge in [0.15, 0.2) is 0 Å². The van der Waals surface area contributed by atoms with E-state index in [2.05, 4.69) is 10.3 Å². The molecule has 1 aromatic carbocycles. The van der Waals surface area contributed by atoms with Crippen LogP contribution in [0.2, 0.25) is 10.0 Å². The number of methoxy groups -OCH3 is 1. The Balaban J connectivity index is 0.00000312. The second kappa shape index (κ2) is 9.46. The van der Waals surface area contributed by atoms with Gasteiger partial charge in [-0.25, -0.2) is 4.79 Å². The molecule has 0 aliphatic rings. The van der Waals surface area contributed by atoms with Crippen molar-refractivity contribution in [3.05, 3.63) is 57.8 Å². The SMILES string of the molecule is COC(=O)[C@H](Cc1ccc(N)cc1)NC(=O)c1c(Cl)cncc1Cl.Cl. The molecule has 1 aromatic heterocycles. The normalized spacial score (nSPS) is 11.2. The summed E-state index contributed by atoms with van der Waals surface area (Å²) >= 11 is 11.9. The van der Waals surface area contributed by atoms with Crippen LogP contribution in [0.4, 0.5) is 5.69 Å². The highest BCUT2D eigenvalue weighted by Crippen LogP contribution is 2.23. The van der Waals surface area contributed by atoms with Crippen LogP contribution in [-0.4, -0.2) is 30.0 Å². The lowest BCUT2D eigenvalue weighted by atomic mass is 10.0. The molecule has 0 spiro atoms. The summed E-state index contributed by atoms with van der Waals surface area (Å²) in [7, 11) is 1.25. The fraction of sp³-hybridized carbons (Fsp3) is 0.188. The maximum atomic E-state index is 12.4. The molecular weight excluding hydrogens is 389 g/mol. The van der Waals surface area contributed by atoms with E-state index in [-0.39, 0.29) is 34.4 Å². The molecule has 6 nitrogen and oxygen atoms in total. The van der Waals surface area contributed by atoms with Gasteiger partial charge < -0.3 is 15.8 Å². The van der Waals surface area contributed by atoms with E-state index in [1.54, 1.807) is 24.3 Å². The Hall–Kier alpha value is -2.02. The molecule has 0 fully saturated rings. The van der Waals surface area contributed by atoms with E-state index in [9.17, 15) is 9.59 Å². The molecule has 0 aliphatic carbocycles. The first-order valence-corrected chi connectivity index (χ1v) is 7.70. The Morgan fingerprint density at radius 1 is 1.20 bits per heavy atom. The number of carbonyl (C=O) groups excluding carboxylic acids is 2. The summed E-state index contributed by atoms with van der Waals surface area (Å²) in [4.78, 5) is 28.2. The van der Waals surface area contributed by atoms with Crippen LogP contribution in [0, 0.1) is 0 Å². The lowest BCUT2D eigenvalue weighted by Crippen LogP contribution is -2.43. The first-order chi connectivity index (χ1) is 11.4. The molecule has 0 aliphatic heterocycles. The minimum atomic E-state index is -0.897. The van der Waals surface area contributed by atoms with Crippen LogP contribution in [0.1, 0.15) is 15.9 Å². The molecule has 3 N–H and O–H groups in total. The topological polar surface area (TPSA) is 94.3 Å². The van der Waals surface area contributed by atoms with Gasteiger partial charge in [-0.3, -0.25) is 9.78 Å². The van der Waals surface area contributed by atoms with E-state index >= 15 is 0 Å². The fourth-order valence-electron chi connectivity index (χ4n) is 2.08. The van der Waals surface area contributed by atoms with Gasteiger partial charge in [0.25, 0.3) is 5.91 Å². The van der Waals surface area contributed by atoms with Gasteiger partial charge in [0.1, 0.15) is 6.04 Å². The van der Waals surface area contributed by atoms with Crippen LogP contribution in [0.15, 0.2) is 36.7 Å². The monoisotopic (exact) mass is 403 g/mol. The molecule has 25 heavy (non-hydrogen) atoms. The predicted molar refractivity (Wildman–Crippen MR) is 99.3 cm³/mol. The number of rotatable bonds is 5. The number of nitrogens with one attached hydrogen (secondary N) is 1. The smallest absolute Gasteiger partial charge is 0.328 e. The maximum Gasteiger partial charge on any atom is 0.328 e. The Morgan fingerprint density at radius 3 is 2.28 bits per heavy atom. The van der Waals surface area contributed by atoms with E-state index in [1.165, 1.54) is 19.5 Å². The second-order valence-corrected chi connectivity index (χ2v) is 5.79. The molecule has 1 heterocycles. The average Bonchev–Trinajstić information content (AvgIpc) is 2.55. The van der Waals surface area contributed by atoms with Crippen molar-refractivity contribution in [2.24, 2.45) is 0 Å². The molecule has 1 amide bonds. The van der Waals surface area contributed by atoms with Gasteiger partial charge in [-0.15, -0.1) is 12.4 Å². The summed E-state index contributed by atoms with van der Waals surface area (Å²) in [5.41, 5.74) is 7.11. The first-order valence-electron chi connectivity index (χ1n) is 6.94. The molecule has 0 unspecified atom stereocenters. The number of esters is 1. The molecule has 0 saturated carbocycles. The number of nitrogens with two attached hydrogens (primary N) is 1. The van der Waals surface area contributed by atoms with Crippen molar-refractivity contribution in [2.45, 2.75) is 12.5 Å². The number of benzene rings is 1. The third kappa shape index (κ3) is 5.49. The quantitative estimate of drug-likeness (QED) is 0.590. The zero-order valence-electron chi connectivity index (χ0n) is 13.2. The lowest BCUT2D eigenvalue weighted by molar-refractivity contribution is -0.142. The average molecular weight is 405 g/mol. The van der Waals surface area contributed by atoms with Gasteiger partial charge in [-0.05, 0) is 17.7 Å². The number of halogens is 3.